The van der Waals surface area contributed by atoms with Gasteiger partial charge in [-0.2, -0.15) is 4.98 Å². The highest BCUT2D eigenvalue weighted by Crippen LogP contribution is 2.38. The second-order valence-corrected chi connectivity index (χ2v) is 12.4. The van der Waals surface area contributed by atoms with E-state index in [-0.39, 0.29) is 35.7 Å². The maximum atomic E-state index is 13.8. The monoisotopic (exact) mass is 572 g/mol. The van der Waals surface area contributed by atoms with Gasteiger partial charge in [-0.3, -0.25) is 9.59 Å². The fraction of sp³-hybridized carbons (Fsp3) is 0.500. The Kier molecular flexibility index (Phi) is 7.55. The maximum Gasteiger partial charge on any atom is 0.318 e. The van der Waals surface area contributed by atoms with Crippen molar-refractivity contribution in [3.05, 3.63) is 53.6 Å². The Morgan fingerprint density at radius 2 is 1.83 bits per heavy atom. The summed E-state index contributed by atoms with van der Waals surface area (Å²) in [6, 6.07) is 13.0. The minimum atomic E-state index is -1.01. The molecule has 3 aliphatic rings. The van der Waals surface area contributed by atoms with Gasteiger partial charge in [0.05, 0.1) is 6.04 Å². The number of carbonyl (C=O) groups is 3. The molecule has 4 amide bonds. The number of hydrogen-bond acceptors (Lipinski definition) is 6. The van der Waals surface area contributed by atoms with E-state index in [1.807, 2.05) is 42.5 Å². The third kappa shape index (κ3) is 5.18. The van der Waals surface area contributed by atoms with Gasteiger partial charge in [0.2, 0.25) is 11.8 Å². The first-order chi connectivity index (χ1) is 20.3. The van der Waals surface area contributed by atoms with Crippen LogP contribution >= 0.6 is 0 Å². The number of hydrogen-bond donors (Lipinski definition) is 4. The molecule has 4 N–H and O–H groups in total. The molecule has 0 radical (unpaired) electrons. The third-order valence-corrected chi connectivity index (χ3v) is 9.32. The van der Waals surface area contributed by atoms with Crippen LogP contribution in [0.4, 0.5) is 16.5 Å². The van der Waals surface area contributed by atoms with E-state index in [9.17, 15) is 14.4 Å². The molecule has 1 saturated heterocycles. The van der Waals surface area contributed by atoms with Crippen molar-refractivity contribution in [2.45, 2.75) is 76.4 Å². The standard InChI is InChI=1S/C32H40N6O4/c1-19(2)25-18-38(31(41)36-25)32(29(40)33-3)16-21-13-14-23(15-22(21)17-32)34-28(39)27(20-9-5-4-6-10-20)37-30-35-24-11-7-8-12-26(24)42-30/h7-8,11-15,19-20,25,27H,4-6,9-10,16-18H2,1-3H3,(H,33,40)(H,34,39)(H,35,37)(H,36,41)/t25-,27-,32?/m0/s1. The lowest BCUT2D eigenvalue weighted by Crippen LogP contribution is -2.60. The number of nitrogens with one attached hydrogen (secondary N) is 4. The van der Waals surface area contributed by atoms with E-state index in [1.54, 1.807) is 11.9 Å². The van der Waals surface area contributed by atoms with E-state index in [4.69, 9.17) is 4.42 Å². The molecule has 10 heteroatoms. The van der Waals surface area contributed by atoms with Gasteiger partial charge in [0, 0.05) is 32.1 Å². The third-order valence-electron chi connectivity index (χ3n) is 9.32. The summed E-state index contributed by atoms with van der Waals surface area (Å²) in [5.41, 5.74) is 3.04. The van der Waals surface area contributed by atoms with Crippen molar-refractivity contribution < 1.29 is 18.8 Å². The Hall–Kier alpha value is -4.08. The number of carbonyl (C=O) groups excluding carboxylic acids is 3. The highest BCUT2D eigenvalue weighted by Gasteiger charge is 2.53. The van der Waals surface area contributed by atoms with Crippen LogP contribution < -0.4 is 21.3 Å². The molecule has 222 valence electrons. The minimum absolute atomic E-state index is 0.0111. The first-order valence-electron chi connectivity index (χ1n) is 15.1. The zero-order valence-corrected chi connectivity index (χ0v) is 24.5. The van der Waals surface area contributed by atoms with Crippen molar-refractivity contribution >= 4 is 40.6 Å². The molecule has 2 fully saturated rings. The number of aromatic nitrogens is 1. The molecule has 0 spiro atoms. The van der Waals surface area contributed by atoms with Crippen LogP contribution in [0.25, 0.3) is 11.1 Å². The van der Waals surface area contributed by atoms with Gasteiger partial charge in [0.15, 0.2) is 5.58 Å². The number of amides is 4. The van der Waals surface area contributed by atoms with Crippen LogP contribution in [0.1, 0.15) is 57.1 Å². The highest BCUT2D eigenvalue weighted by molar-refractivity contribution is 5.97. The number of urea groups is 1. The Morgan fingerprint density at radius 3 is 2.55 bits per heavy atom. The van der Waals surface area contributed by atoms with E-state index in [1.165, 1.54) is 6.42 Å². The van der Waals surface area contributed by atoms with Crippen LogP contribution in [0.2, 0.25) is 0 Å². The zero-order valence-electron chi connectivity index (χ0n) is 24.5. The second-order valence-electron chi connectivity index (χ2n) is 12.4. The minimum Gasteiger partial charge on any atom is -0.424 e. The van der Waals surface area contributed by atoms with Gasteiger partial charge in [-0.15, -0.1) is 0 Å². The highest BCUT2D eigenvalue weighted by atomic mass is 16.4. The van der Waals surface area contributed by atoms with Crippen LogP contribution in [0.15, 0.2) is 46.9 Å². The number of para-hydroxylation sites is 2. The molecule has 1 unspecified atom stereocenters. The summed E-state index contributed by atoms with van der Waals surface area (Å²) in [4.78, 5) is 46.5. The number of rotatable bonds is 8. The summed E-state index contributed by atoms with van der Waals surface area (Å²) in [6.45, 7) is 4.62. The molecule has 3 aromatic rings. The summed E-state index contributed by atoms with van der Waals surface area (Å²) < 4.78 is 5.91. The summed E-state index contributed by atoms with van der Waals surface area (Å²) in [7, 11) is 1.61. The lowest BCUT2D eigenvalue weighted by atomic mass is 9.83. The SMILES string of the molecule is CNC(=O)C1(N2C[C@@H](C(C)C)NC2=O)Cc2ccc(NC(=O)[C@@H](Nc3nc4ccccc4o3)C3CCCCC3)cc2C1. The fourth-order valence-corrected chi connectivity index (χ4v) is 6.90. The first-order valence-corrected chi connectivity index (χ1v) is 15.1. The van der Waals surface area contributed by atoms with Crippen LogP contribution in [0.5, 0.6) is 0 Å². The number of fused-ring (bicyclic) bond motifs is 2. The summed E-state index contributed by atoms with van der Waals surface area (Å²) in [5, 5.41) is 12.3. The van der Waals surface area contributed by atoms with Gasteiger partial charge < -0.3 is 30.6 Å². The smallest absolute Gasteiger partial charge is 0.318 e. The molecule has 10 nitrogen and oxygen atoms in total. The fourth-order valence-electron chi connectivity index (χ4n) is 6.90. The van der Waals surface area contributed by atoms with Crippen molar-refractivity contribution in [1.29, 1.82) is 0 Å². The maximum absolute atomic E-state index is 13.8. The van der Waals surface area contributed by atoms with Gasteiger partial charge in [-0.05, 0) is 60.1 Å². The number of anilines is 2. The van der Waals surface area contributed by atoms with Crippen LogP contribution in [0.3, 0.4) is 0 Å². The van der Waals surface area contributed by atoms with Gasteiger partial charge in [0.25, 0.3) is 6.01 Å². The van der Waals surface area contributed by atoms with E-state index < -0.39 is 11.6 Å². The van der Waals surface area contributed by atoms with Crippen molar-refractivity contribution in [3.8, 4) is 0 Å². The Bertz CT molecular complexity index is 1460. The number of likely N-dealkylation sites (N-methyl/N-ethyl adjacent to an activating group) is 1. The average Bonchev–Trinajstić information content (AvgIpc) is 3.70. The predicted octanol–water partition coefficient (Wildman–Crippen LogP) is 4.46. The largest absolute Gasteiger partial charge is 0.424 e. The molecule has 42 heavy (non-hydrogen) atoms. The van der Waals surface area contributed by atoms with Gasteiger partial charge >= 0.3 is 6.03 Å². The van der Waals surface area contributed by atoms with E-state index in [0.29, 0.717) is 36.7 Å². The van der Waals surface area contributed by atoms with Crippen molar-refractivity contribution in [3.63, 3.8) is 0 Å². The summed E-state index contributed by atoms with van der Waals surface area (Å²) in [6.07, 6.45) is 6.09. The Labute approximate surface area is 246 Å². The molecule has 2 aliphatic carbocycles. The molecule has 0 bridgehead atoms. The molecule has 6 rings (SSSR count). The number of oxazole rings is 1. The summed E-state index contributed by atoms with van der Waals surface area (Å²) >= 11 is 0. The quantitative estimate of drug-likeness (QED) is 0.316. The molecule has 1 aromatic heterocycles. The normalized spacial score (nSPS) is 23.1. The van der Waals surface area contributed by atoms with Crippen LogP contribution in [-0.4, -0.2) is 58.9 Å². The molecular weight excluding hydrogens is 532 g/mol. The Morgan fingerprint density at radius 1 is 1.07 bits per heavy atom. The molecule has 1 aliphatic heterocycles. The van der Waals surface area contributed by atoms with Crippen LogP contribution in [0, 0.1) is 11.8 Å². The predicted molar refractivity (Wildman–Crippen MR) is 161 cm³/mol. The van der Waals surface area contributed by atoms with Gasteiger partial charge in [-0.1, -0.05) is 51.3 Å². The molecule has 2 heterocycles. The number of nitrogens with zero attached hydrogens (tertiary/aromatic N) is 2. The summed E-state index contributed by atoms with van der Waals surface area (Å²) in [5.74, 6) is 0.0977. The average molecular weight is 573 g/mol. The van der Waals surface area contributed by atoms with Crippen molar-refractivity contribution in [1.82, 2.24) is 20.5 Å². The van der Waals surface area contributed by atoms with E-state index >= 15 is 0 Å². The first kappa shape index (κ1) is 28.1. The molecule has 2 aromatic carbocycles. The second kappa shape index (κ2) is 11.3. The number of benzene rings is 2. The molecule has 1 saturated carbocycles. The van der Waals surface area contributed by atoms with E-state index in [2.05, 4.69) is 40.1 Å². The lowest BCUT2D eigenvalue weighted by Gasteiger charge is -2.36. The van der Waals surface area contributed by atoms with Gasteiger partial charge in [-0.25, -0.2) is 4.79 Å². The lowest BCUT2D eigenvalue weighted by molar-refractivity contribution is -0.130. The zero-order chi connectivity index (χ0) is 29.4. The van der Waals surface area contributed by atoms with E-state index in [0.717, 1.165) is 42.3 Å². The topological polar surface area (TPSA) is 129 Å². The van der Waals surface area contributed by atoms with Gasteiger partial charge in [0.1, 0.15) is 17.1 Å². The Balaban J connectivity index is 1.23. The van der Waals surface area contributed by atoms with Crippen LogP contribution in [-0.2, 0) is 22.4 Å². The van der Waals surface area contributed by atoms with Crippen molar-refractivity contribution in [2.75, 3.05) is 24.2 Å². The van der Waals surface area contributed by atoms with Crippen molar-refractivity contribution in [2.24, 2.45) is 11.8 Å². The molecule has 3 atom stereocenters. The molecular formula is C32H40N6O4.